The average Bonchev–Trinajstić information content (AvgIpc) is 2.38. The maximum Gasteiger partial charge on any atom is 0.134 e. The number of hydrogen-bond acceptors (Lipinski definition) is 5. The summed E-state index contributed by atoms with van der Waals surface area (Å²) >= 11 is 0. The van der Waals surface area contributed by atoms with E-state index in [0.29, 0.717) is 6.04 Å². The first-order valence-corrected chi connectivity index (χ1v) is 6.74. The van der Waals surface area contributed by atoms with Crippen molar-refractivity contribution in [3.63, 3.8) is 0 Å². The summed E-state index contributed by atoms with van der Waals surface area (Å²) in [6.07, 6.45) is 2.35. The molecule has 100 valence electrons. The minimum atomic E-state index is 0.579. The van der Waals surface area contributed by atoms with Crippen LogP contribution < -0.4 is 15.5 Å². The number of hydrogen-bond donors (Lipinski definition) is 2. The van der Waals surface area contributed by atoms with Crippen molar-refractivity contribution in [1.82, 2.24) is 15.3 Å². The van der Waals surface area contributed by atoms with Crippen molar-refractivity contribution < 1.29 is 0 Å². The molecular formula is C13H23N5. The Morgan fingerprint density at radius 3 is 2.78 bits per heavy atom. The van der Waals surface area contributed by atoms with E-state index in [9.17, 15) is 0 Å². The van der Waals surface area contributed by atoms with E-state index in [1.54, 1.807) is 0 Å². The molecule has 18 heavy (non-hydrogen) atoms. The summed E-state index contributed by atoms with van der Waals surface area (Å²) in [6, 6.07) is 2.62. The smallest absolute Gasteiger partial charge is 0.134 e. The lowest BCUT2D eigenvalue weighted by atomic mass is 10.1. The molecule has 5 heteroatoms. The van der Waals surface area contributed by atoms with E-state index in [0.717, 1.165) is 37.1 Å². The predicted molar refractivity (Wildman–Crippen MR) is 75.2 cm³/mol. The molecule has 0 bridgehead atoms. The largest absolute Gasteiger partial charge is 0.370 e. The zero-order chi connectivity index (χ0) is 13.0. The van der Waals surface area contributed by atoms with Crippen molar-refractivity contribution in [1.29, 1.82) is 0 Å². The molecule has 5 nitrogen and oxygen atoms in total. The molecule has 1 aliphatic heterocycles. The van der Waals surface area contributed by atoms with Gasteiger partial charge in [0.25, 0.3) is 0 Å². The molecule has 1 aromatic rings. The average molecular weight is 249 g/mol. The monoisotopic (exact) mass is 249 g/mol. The Labute approximate surface area is 109 Å². The minimum absolute atomic E-state index is 0.579. The van der Waals surface area contributed by atoms with Crippen molar-refractivity contribution in [2.45, 2.75) is 32.7 Å². The van der Waals surface area contributed by atoms with Gasteiger partial charge in [0.1, 0.15) is 17.5 Å². The van der Waals surface area contributed by atoms with E-state index < -0.39 is 0 Å². The molecule has 1 aliphatic rings. The summed E-state index contributed by atoms with van der Waals surface area (Å²) in [5, 5.41) is 6.65. The number of piperidine rings is 1. The highest BCUT2D eigenvalue weighted by atomic mass is 15.2. The number of anilines is 2. The van der Waals surface area contributed by atoms with Gasteiger partial charge in [-0.15, -0.1) is 0 Å². The van der Waals surface area contributed by atoms with Gasteiger partial charge in [0.15, 0.2) is 0 Å². The van der Waals surface area contributed by atoms with Gasteiger partial charge in [0.2, 0.25) is 0 Å². The van der Waals surface area contributed by atoms with Gasteiger partial charge < -0.3 is 15.5 Å². The van der Waals surface area contributed by atoms with Gasteiger partial charge in [-0.25, -0.2) is 9.97 Å². The first-order chi connectivity index (χ1) is 8.70. The van der Waals surface area contributed by atoms with Crippen LogP contribution in [0.3, 0.4) is 0 Å². The van der Waals surface area contributed by atoms with Crippen molar-refractivity contribution in [2.24, 2.45) is 0 Å². The molecule has 0 amide bonds. The molecule has 0 aliphatic carbocycles. The van der Waals surface area contributed by atoms with Crippen LogP contribution in [0, 0.1) is 6.92 Å². The highest BCUT2D eigenvalue weighted by molar-refractivity contribution is 5.49. The lowest BCUT2D eigenvalue weighted by Crippen LogP contribution is -2.41. The molecule has 0 aromatic carbocycles. The highest BCUT2D eigenvalue weighted by Gasteiger charge is 2.19. The maximum atomic E-state index is 4.55. The van der Waals surface area contributed by atoms with Gasteiger partial charge in [0.05, 0.1) is 0 Å². The van der Waals surface area contributed by atoms with Crippen LogP contribution in [-0.2, 0) is 0 Å². The fraction of sp³-hybridized carbons (Fsp3) is 0.692. The molecule has 0 unspecified atom stereocenters. The SMILES string of the molecule is CCNc1cc(N(C)C2CCNCC2)nc(C)n1. The molecule has 1 aromatic heterocycles. The van der Waals surface area contributed by atoms with E-state index in [-0.39, 0.29) is 0 Å². The standard InChI is InChI=1S/C13H23N5/c1-4-15-12-9-13(17-10(2)16-12)18(3)11-5-7-14-8-6-11/h9,11,14H,4-8H2,1-3H3,(H,15,16,17). The minimum Gasteiger partial charge on any atom is -0.370 e. The fourth-order valence-electron chi connectivity index (χ4n) is 2.39. The van der Waals surface area contributed by atoms with Crippen LogP contribution in [0.15, 0.2) is 6.07 Å². The fourth-order valence-corrected chi connectivity index (χ4v) is 2.39. The lowest BCUT2D eigenvalue weighted by molar-refractivity contribution is 0.441. The van der Waals surface area contributed by atoms with E-state index in [2.05, 4.69) is 39.5 Å². The van der Waals surface area contributed by atoms with Crippen molar-refractivity contribution in [2.75, 3.05) is 36.9 Å². The van der Waals surface area contributed by atoms with Crippen LogP contribution in [0.2, 0.25) is 0 Å². The van der Waals surface area contributed by atoms with E-state index in [1.807, 2.05) is 13.0 Å². The van der Waals surface area contributed by atoms with Gasteiger partial charge in [0, 0.05) is 25.7 Å². The number of nitrogens with zero attached hydrogens (tertiary/aromatic N) is 3. The third-order valence-corrected chi connectivity index (χ3v) is 3.40. The Morgan fingerprint density at radius 1 is 1.39 bits per heavy atom. The summed E-state index contributed by atoms with van der Waals surface area (Å²) in [5.41, 5.74) is 0. The van der Waals surface area contributed by atoms with Crippen molar-refractivity contribution in [3.8, 4) is 0 Å². The zero-order valence-corrected chi connectivity index (χ0v) is 11.5. The molecule has 2 heterocycles. The second-order valence-corrected chi connectivity index (χ2v) is 4.78. The number of aromatic nitrogens is 2. The van der Waals surface area contributed by atoms with Gasteiger partial charge in [-0.1, -0.05) is 0 Å². The topological polar surface area (TPSA) is 53.1 Å². The third kappa shape index (κ3) is 3.10. The molecular weight excluding hydrogens is 226 g/mol. The van der Waals surface area contributed by atoms with Crippen LogP contribution in [-0.4, -0.2) is 42.7 Å². The zero-order valence-electron chi connectivity index (χ0n) is 11.5. The van der Waals surface area contributed by atoms with Gasteiger partial charge >= 0.3 is 0 Å². The highest BCUT2D eigenvalue weighted by Crippen LogP contribution is 2.20. The molecule has 0 saturated carbocycles. The van der Waals surface area contributed by atoms with Gasteiger partial charge in [-0.2, -0.15) is 0 Å². The maximum absolute atomic E-state index is 4.55. The van der Waals surface area contributed by atoms with Crippen LogP contribution in [0.5, 0.6) is 0 Å². The first kappa shape index (κ1) is 13.1. The summed E-state index contributed by atoms with van der Waals surface area (Å²) in [4.78, 5) is 11.2. The Balaban J connectivity index is 2.15. The summed E-state index contributed by atoms with van der Waals surface area (Å²) in [6.45, 7) is 7.10. The van der Waals surface area contributed by atoms with E-state index in [1.165, 1.54) is 12.8 Å². The lowest BCUT2D eigenvalue weighted by Gasteiger charge is -2.32. The molecule has 2 rings (SSSR count). The van der Waals surface area contributed by atoms with Crippen LogP contribution >= 0.6 is 0 Å². The molecule has 1 fully saturated rings. The molecule has 2 N–H and O–H groups in total. The first-order valence-electron chi connectivity index (χ1n) is 6.74. The van der Waals surface area contributed by atoms with Crippen LogP contribution in [0.1, 0.15) is 25.6 Å². The summed E-state index contributed by atoms with van der Waals surface area (Å²) in [5.74, 6) is 2.76. The van der Waals surface area contributed by atoms with Crippen molar-refractivity contribution >= 4 is 11.6 Å². The molecule has 0 spiro atoms. The molecule has 1 saturated heterocycles. The van der Waals surface area contributed by atoms with Gasteiger partial charge in [-0.05, 0) is 39.8 Å². The van der Waals surface area contributed by atoms with E-state index in [4.69, 9.17) is 0 Å². The van der Waals surface area contributed by atoms with Crippen LogP contribution in [0.4, 0.5) is 11.6 Å². The summed E-state index contributed by atoms with van der Waals surface area (Å²) in [7, 11) is 2.13. The van der Waals surface area contributed by atoms with Gasteiger partial charge in [-0.3, -0.25) is 0 Å². The quantitative estimate of drug-likeness (QED) is 0.845. The second kappa shape index (κ2) is 6.00. The number of nitrogens with one attached hydrogen (secondary N) is 2. The van der Waals surface area contributed by atoms with Crippen LogP contribution in [0.25, 0.3) is 0 Å². The Morgan fingerprint density at radius 2 is 2.11 bits per heavy atom. The Hall–Kier alpha value is -1.36. The number of aryl methyl sites for hydroxylation is 1. The van der Waals surface area contributed by atoms with E-state index >= 15 is 0 Å². The number of rotatable bonds is 4. The predicted octanol–water partition coefficient (Wildman–Crippen LogP) is 1.41. The molecule has 0 radical (unpaired) electrons. The second-order valence-electron chi connectivity index (χ2n) is 4.78. The van der Waals surface area contributed by atoms with Crippen molar-refractivity contribution in [3.05, 3.63) is 11.9 Å². The summed E-state index contributed by atoms with van der Waals surface area (Å²) < 4.78 is 0. The Kier molecular flexibility index (Phi) is 4.36. The Bertz CT molecular complexity index is 387. The molecule has 0 atom stereocenters. The third-order valence-electron chi connectivity index (χ3n) is 3.40. The normalized spacial score (nSPS) is 16.6.